The van der Waals surface area contributed by atoms with Gasteiger partial charge in [-0.1, -0.05) is 158 Å². The van der Waals surface area contributed by atoms with Crippen molar-refractivity contribution in [2.75, 3.05) is 33.0 Å². The van der Waals surface area contributed by atoms with Crippen molar-refractivity contribution in [3.63, 3.8) is 0 Å². The largest absolute Gasteiger partial charge is 0.457 e. The predicted octanol–water partition coefficient (Wildman–Crippen LogP) is 7.35. The van der Waals surface area contributed by atoms with Crippen LogP contribution in [0.25, 0.3) is 0 Å². The highest BCUT2D eigenvalue weighted by Gasteiger charge is 2.47. The van der Waals surface area contributed by atoms with Crippen LogP contribution in [-0.4, -0.2) is 142 Å². The van der Waals surface area contributed by atoms with Crippen molar-refractivity contribution in [3.05, 3.63) is 60.8 Å². The van der Waals surface area contributed by atoms with Crippen molar-refractivity contribution in [3.8, 4) is 0 Å². The Morgan fingerprint density at radius 1 is 0.515 bits per heavy atom. The van der Waals surface area contributed by atoms with Gasteiger partial charge in [-0.05, 0) is 57.8 Å². The van der Waals surface area contributed by atoms with Crippen LogP contribution in [0.5, 0.6) is 0 Å². The van der Waals surface area contributed by atoms with E-state index in [0.29, 0.717) is 13.0 Å². The molecule has 2 rings (SSSR count). The Bertz CT molecular complexity index is 1320. The second-order valence-electron chi connectivity index (χ2n) is 17.6. The van der Waals surface area contributed by atoms with Gasteiger partial charge in [-0.2, -0.15) is 0 Å². The lowest BCUT2D eigenvalue weighted by atomic mass is 9.98. The molecule has 2 fully saturated rings. The van der Waals surface area contributed by atoms with Crippen LogP contribution in [-0.2, 0) is 33.2 Å². The lowest BCUT2D eigenvalue weighted by molar-refractivity contribution is -0.332. The lowest BCUT2D eigenvalue weighted by Crippen LogP contribution is -2.61. The van der Waals surface area contributed by atoms with Crippen molar-refractivity contribution in [1.82, 2.24) is 0 Å². The van der Waals surface area contributed by atoms with Crippen LogP contribution in [0.15, 0.2) is 60.8 Å². The van der Waals surface area contributed by atoms with Gasteiger partial charge in [-0.15, -0.1) is 0 Å². The summed E-state index contributed by atoms with van der Waals surface area (Å²) in [6, 6.07) is 0. The minimum absolute atomic E-state index is 0.0571. The molecule has 14 nitrogen and oxygen atoms in total. The third kappa shape index (κ3) is 27.0. The molecule has 2 saturated heterocycles. The third-order valence-electron chi connectivity index (χ3n) is 11.8. The van der Waals surface area contributed by atoms with E-state index in [2.05, 4.69) is 74.6 Å². The standard InChI is InChI=1S/C52H90O14/c1-3-5-7-9-11-12-13-14-15-16-17-18-19-20-21-22-23-24-25-26-27-28-29-31-33-35-44(54)64-41(38-61-36-34-32-30-10-8-6-4-2)39-62-51-50(60)48(58)46(56)43(66-51)40-63-52-49(59)47(57)45(55)42(37-53)65-52/h5,7,11-12,14-15,17-18,20-21,41-43,45-53,55-60H,3-4,6,8-10,13,16,19,22-40H2,1-2H3/b7-5-,12-11-,15-14-,18-17-,21-20-. The Balaban J connectivity index is 1.67. The first-order valence-corrected chi connectivity index (χ1v) is 25.4. The van der Waals surface area contributed by atoms with Gasteiger partial charge in [0, 0.05) is 13.0 Å². The third-order valence-corrected chi connectivity index (χ3v) is 11.8. The molecule has 0 aromatic carbocycles. The highest BCUT2D eigenvalue weighted by atomic mass is 16.7. The maximum absolute atomic E-state index is 13.0. The molecule has 14 heteroatoms. The van der Waals surface area contributed by atoms with Crippen LogP contribution < -0.4 is 0 Å². The van der Waals surface area contributed by atoms with Crippen LogP contribution in [0.4, 0.5) is 0 Å². The summed E-state index contributed by atoms with van der Waals surface area (Å²) >= 11 is 0. The van der Waals surface area contributed by atoms with E-state index in [4.69, 9.17) is 28.4 Å². The fraction of sp³-hybridized carbons (Fsp3) is 0.788. The van der Waals surface area contributed by atoms with E-state index in [1.54, 1.807) is 0 Å². The topological polar surface area (TPSA) is 214 Å². The van der Waals surface area contributed by atoms with Gasteiger partial charge in [0.15, 0.2) is 12.6 Å². The fourth-order valence-electron chi connectivity index (χ4n) is 7.66. The van der Waals surface area contributed by atoms with E-state index in [1.165, 1.54) is 57.8 Å². The number of unbranched alkanes of at least 4 members (excludes halogenated alkanes) is 15. The normalized spacial score (nSPS) is 26.8. The molecule has 11 unspecified atom stereocenters. The number of carbonyl (C=O) groups is 1. The number of aliphatic hydroxyl groups excluding tert-OH is 7. The van der Waals surface area contributed by atoms with Crippen LogP contribution in [0, 0.1) is 0 Å². The van der Waals surface area contributed by atoms with E-state index in [0.717, 1.165) is 77.0 Å². The van der Waals surface area contributed by atoms with Gasteiger partial charge in [0.25, 0.3) is 0 Å². The summed E-state index contributed by atoms with van der Waals surface area (Å²) in [4.78, 5) is 13.0. The zero-order valence-electron chi connectivity index (χ0n) is 40.4. The van der Waals surface area contributed by atoms with Crippen LogP contribution >= 0.6 is 0 Å². The van der Waals surface area contributed by atoms with Gasteiger partial charge in [-0.3, -0.25) is 4.79 Å². The Hall–Kier alpha value is -2.31. The van der Waals surface area contributed by atoms with E-state index in [9.17, 15) is 40.5 Å². The smallest absolute Gasteiger partial charge is 0.306 e. The first kappa shape index (κ1) is 59.8. The molecule has 2 heterocycles. The van der Waals surface area contributed by atoms with Gasteiger partial charge in [0.05, 0.1) is 26.4 Å². The Morgan fingerprint density at radius 2 is 0.985 bits per heavy atom. The molecule has 11 atom stereocenters. The molecule has 0 aromatic rings. The molecular formula is C52H90O14. The minimum atomic E-state index is -1.71. The molecular weight excluding hydrogens is 849 g/mol. The van der Waals surface area contributed by atoms with Crippen LogP contribution in [0.3, 0.4) is 0 Å². The summed E-state index contributed by atoms with van der Waals surface area (Å²) in [5.74, 6) is -0.387. The Kier molecular flexibility index (Phi) is 35.8. The zero-order chi connectivity index (χ0) is 48.0. The number of aliphatic hydroxyl groups is 7. The predicted molar refractivity (Wildman–Crippen MR) is 256 cm³/mol. The number of allylic oxidation sites excluding steroid dienone is 10. The van der Waals surface area contributed by atoms with Crippen molar-refractivity contribution in [1.29, 1.82) is 0 Å². The molecule has 2 aliphatic rings. The minimum Gasteiger partial charge on any atom is -0.457 e. The summed E-state index contributed by atoms with van der Waals surface area (Å²) in [5, 5.41) is 71.9. The summed E-state index contributed by atoms with van der Waals surface area (Å²) in [6.07, 6.45) is 30.2. The monoisotopic (exact) mass is 939 g/mol. The molecule has 0 spiro atoms. The van der Waals surface area contributed by atoms with Gasteiger partial charge in [-0.25, -0.2) is 0 Å². The lowest BCUT2D eigenvalue weighted by Gasteiger charge is -2.42. The number of esters is 1. The zero-order valence-corrected chi connectivity index (χ0v) is 40.4. The average molecular weight is 939 g/mol. The highest BCUT2D eigenvalue weighted by molar-refractivity contribution is 5.69. The summed E-state index contributed by atoms with van der Waals surface area (Å²) in [5.41, 5.74) is 0. The molecule has 7 N–H and O–H groups in total. The second-order valence-corrected chi connectivity index (χ2v) is 17.6. The Labute approximate surface area is 396 Å². The van der Waals surface area contributed by atoms with E-state index in [1.807, 2.05) is 0 Å². The summed E-state index contributed by atoms with van der Waals surface area (Å²) in [7, 11) is 0. The molecule has 0 saturated carbocycles. The molecule has 0 amide bonds. The fourth-order valence-corrected chi connectivity index (χ4v) is 7.66. The molecule has 2 aliphatic heterocycles. The van der Waals surface area contributed by atoms with Gasteiger partial charge < -0.3 is 64.2 Å². The average Bonchev–Trinajstić information content (AvgIpc) is 3.31. The number of hydrogen-bond donors (Lipinski definition) is 7. The first-order valence-electron chi connectivity index (χ1n) is 25.4. The van der Waals surface area contributed by atoms with Crippen molar-refractivity contribution in [2.24, 2.45) is 0 Å². The van der Waals surface area contributed by atoms with E-state index >= 15 is 0 Å². The first-order chi connectivity index (χ1) is 32.1. The molecule has 0 aromatic heterocycles. The highest BCUT2D eigenvalue weighted by Crippen LogP contribution is 2.26. The molecule has 382 valence electrons. The van der Waals surface area contributed by atoms with Gasteiger partial charge >= 0.3 is 5.97 Å². The van der Waals surface area contributed by atoms with Crippen molar-refractivity contribution < 1.29 is 69.0 Å². The molecule has 0 radical (unpaired) electrons. The number of hydrogen-bond acceptors (Lipinski definition) is 14. The quantitative estimate of drug-likeness (QED) is 0.0183. The van der Waals surface area contributed by atoms with Crippen LogP contribution in [0.1, 0.15) is 162 Å². The molecule has 66 heavy (non-hydrogen) atoms. The van der Waals surface area contributed by atoms with Crippen molar-refractivity contribution in [2.45, 2.75) is 229 Å². The SMILES string of the molecule is CC/C=C\C/C=C\C/C=C\C/C=C\C/C=C\CCCCCCCCCCCC(=O)OC(COCCCCCCCCC)COC1OC(COC2OC(CO)C(O)C(O)C2O)C(O)C(O)C1O. The Morgan fingerprint density at radius 3 is 1.55 bits per heavy atom. The number of rotatable bonds is 39. The molecule has 0 aliphatic carbocycles. The molecule has 0 bridgehead atoms. The van der Waals surface area contributed by atoms with Crippen LogP contribution in [0.2, 0.25) is 0 Å². The maximum Gasteiger partial charge on any atom is 0.306 e. The van der Waals surface area contributed by atoms with E-state index < -0.39 is 80.7 Å². The number of carbonyl (C=O) groups excluding carboxylic acids is 1. The number of ether oxygens (including phenoxy) is 6. The maximum atomic E-state index is 13.0. The van der Waals surface area contributed by atoms with Gasteiger partial charge in [0.1, 0.15) is 54.9 Å². The van der Waals surface area contributed by atoms with Gasteiger partial charge in [0.2, 0.25) is 0 Å². The summed E-state index contributed by atoms with van der Waals surface area (Å²) < 4.78 is 34.1. The van der Waals surface area contributed by atoms with Crippen molar-refractivity contribution >= 4 is 5.97 Å². The van der Waals surface area contributed by atoms with E-state index in [-0.39, 0.29) is 25.6 Å². The summed E-state index contributed by atoms with van der Waals surface area (Å²) in [6.45, 7) is 3.51. The second kappa shape index (κ2) is 39.5.